The Morgan fingerprint density at radius 3 is 2.31 bits per heavy atom. The van der Waals surface area contributed by atoms with Crippen molar-refractivity contribution in [1.29, 1.82) is 0 Å². The van der Waals surface area contributed by atoms with E-state index in [1.807, 2.05) is 20.1 Å². The summed E-state index contributed by atoms with van der Waals surface area (Å²) < 4.78 is 13.5. The molecule has 0 unspecified atom stereocenters. The van der Waals surface area contributed by atoms with Crippen LogP contribution in [-0.2, 0) is 11.2 Å². The number of carbonyl (C=O) groups is 2. The van der Waals surface area contributed by atoms with Gasteiger partial charge in [0.25, 0.3) is 11.7 Å². The molecule has 0 spiro atoms. The maximum absolute atomic E-state index is 13.9. The minimum absolute atomic E-state index is 0.0796. The van der Waals surface area contributed by atoms with Crippen molar-refractivity contribution in [3.8, 4) is 11.5 Å². The van der Waals surface area contributed by atoms with Crippen LogP contribution in [0.4, 0.5) is 0 Å². The molecule has 3 fully saturated rings. The minimum atomic E-state index is -0.813. The van der Waals surface area contributed by atoms with Crippen LogP contribution in [-0.4, -0.2) is 66.3 Å². The van der Waals surface area contributed by atoms with Gasteiger partial charge in [-0.15, -0.1) is 11.8 Å². The summed E-state index contributed by atoms with van der Waals surface area (Å²) >= 11 is 8.57. The summed E-state index contributed by atoms with van der Waals surface area (Å²) in [5.41, 5.74) is 4.22. The highest BCUT2D eigenvalue weighted by Gasteiger charge is 2.63. The molecule has 6 nitrogen and oxygen atoms in total. The Labute approximate surface area is 241 Å². The van der Waals surface area contributed by atoms with E-state index in [1.54, 1.807) is 16.7 Å². The van der Waals surface area contributed by atoms with E-state index in [0.717, 1.165) is 65.7 Å². The van der Waals surface area contributed by atoms with E-state index in [2.05, 4.69) is 32.0 Å². The number of halogens is 1. The molecule has 2 aliphatic heterocycles. The number of hydrogen-bond donors (Lipinski definition) is 0. The van der Waals surface area contributed by atoms with Gasteiger partial charge in [-0.2, -0.15) is 0 Å². The quantitative estimate of drug-likeness (QED) is 0.412. The predicted octanol–water partition coefficient (Wildman–Crippen LogP) is 6.32. The molecule has 8 heteroatoms. The standard InChI is InChI=1S/C31H39ClN2O4S/c1-18-15-22(35)21(23(16-18)39-6)17-34-14-7-20-24(28(34)36)19(2)26-27(25(20)32)38-29(3,37-26)30-8-11-31(12-9-30,13-10-30)33(4)5/h16H,7-15,17H2,1-6H3/t29-,30?,31?/m1/s1. The summed E-state index contributed by atoms with van der Waals surface area (Å²) in [5, 5.41) is 0.504. The molecule has 39 heavy (non-hydrogen) atoms. The second-order valence-electron chi connectivity index (χ2n) is 12.6. The molecule has 0 aromatic heterocycles. The lowest BCUT2D eigenvalue weighted by Gasteiger charge is -2.59. The molecule has 1 amide bonds. The van der Waals surface area contributed by atoms with Crippen LogP contribution < -0.4 is 9.47 Å². The van der Waals surface area contributed by atoms with Crippen molar-refractivity contribution in [2.24, 2.45) is 5.41 Å². The molecule has 1 aromatic carbocycles. The van der Waals surface area contributed by atoms with Gasteiger partial charge in [0.1, 0.15) is 0 Å². The molecular weight excluding hydrogens is 532 g/mol. The Morgan fingerprint density at radius 2 is 1.69 bits per heavy atom. The van der Waals surface area contributed by atoms with E-state index in [-0.39, 0.29) is 22.6 Å². The van der Waals surface area contributed by atoms with Gasteiger partial charge in [-0.25, -0.2) is 0 Å². The Bertz CT molecular complexity index is 1320. The number of carbonyl (C=O) groups excluding carboxylic acids is 2. The lowest BCUT2D eigenvalue weighted by atomic mass is 9.54. The third kappa shape index (κ3) is 3.93. The summed E-state index contributed by atoms with van der Waals surface area (Å²) in [6.45, 7) is 6.83. The predicted molar refractivity (Wildman–Crippen MR) is 156 cm³/mol. The zero-order chi connectivity index (χ0) is 27.9. The number of nitrogens with zero attached hydrogens (tertiary/aromatic N) is 2. The number of Topliss-reactive ketones (excluding diaryl/α,β-unsaturated/α-hetero) is 1. The Hall–Kier alpha value is -1.96. The third-order valence-corrected chi connectivity index (χ3v) is 11.8. The summed E-state index contributed by atoms with van der Waals surface area (Å²) in [7, 11) is 4.40. The highest BCUT2D eigenvalue weighted by Crippen LogP contribution is 2.63. The van der Waals surface area contributed by atoms with Crippen molar-refractivity contribution >= 4 is 35.1 Å². The molecule has 0 N–H and O–H groups in total. The molecule has 1 atom stereocenters. The topological polar surface area (TPSA) is 59.1 Å². The van der Waals surface area contributed by atoms with E-state index in [9.17, 15) is 9.59 Å². The van der Waals surface area contributed by atoms with Gasteiger partial charge in [-0.1, -0.05) is 17.2 Å². The Kier molecular flexibility index (Phi) is 6.48. The molecule has 0 radical (unpaired) electrons. The molecular formula is C31H39ClN2O4S. The van der Waals surface area contributed by atoms with Crippen LogP contribution in [0.3, 0.4) is 0 Å². The van der Waals surface area contributed by atoms with Crippen molar-refractivity contribution < 1.29 is 19.1 Å². The molecule has 0 saturated heterocycles. The van der Waals surface area contributed by atoms with Crippen molar-refractivity contribution in [3.05, 3.63) is 43.8 Å². The monoisotopic (exact) mass is 570 g/mol. The molecule has 7 rings (SSSR count). The van der Waals surface area contributed by atoms with Gasteiger partial charge >= 0.3 is 0 Å². The molecule has 2 bridgehead atoms. The van der Waals surface area contributed by atoms with Gasteiger partial charge in [0.2, 0.25) is 0 Å². The lowest BCUT2D eigenvalue weighted by molar-refractivity contribution is -0.211. The fourth-order valence-electron chi connectivity index (χ4n) is 7.80. The number of benzene rings is 1. The first-order valence-corrected chi connectivity index (χ1v) is 15.7. The minimum Gasteiger partial charge on any atom is -0.448 e. The summed E-state index contributed by atoms with van der Waals surface area (Å²) in [6, 6.07) is 0. The fraction of sp³-hybridized carbons (Fsp3) is 0.613. The normalized spacial score (nSPS) is 31.8. The summed E-state index contributed by atoms with van der Waals surface area (Å²) in [5.74, 6) is 0.402. The first-order valence-electron chi connectivity index (χ1n) is 14.1. The number of allylic oxidation sites excluding steroid dienone is 2. The zero-order valence-corrected chi connectivity index (χ0v) is 25.5. The molecule has 3 saturated carbocycles. The first-order chi connectivity index (χ1) is 18.4. The van der Waals surface area contributed by atoms with E-state index >= 15 is 0 Å². The number of ketones is 1. The van der Waals surface area contributed by atoms with Crippen LogP contribution in [0.1, 0.15) is 80.3 Å². The van der Waals surface area contributed by atoms with Crippen molar-refractivity contribution in [2.75, 3.05) is 33.4 Å². The number of amides is 1. The largest absolute Gasteiger partial charge is 0.448 e. The van der Waals surface area contributed by atoms with Gasteiger partial charge in [0, 0.05) is 46.9 Å². The van der Waals surface area contributed by atoms with Gasteiger partial charge in [0.05, 0.1) is 17.1 Å². The van der Waals surface area contributed by atoms with Crippen LogP contribution in [0.5, 0.6) is 11.5 Å². The lowest BCUT2D eigenvalue weighted by Crippen LogP contribution is -2.62. The highest BCUT2D eigenvalue weighted by atomic mass is 35.5. The average molecular weight is 571 g/mol. The Balaban J connectivity index is 1.31. The first kappa shape index (κ1) is 27.2. The second kappa shape index (κ2) is 9.28. The third-order valence-electron chi connectivity index (χ3n) is 10.6. The summed E-state index contributed by atoms with van der Waals surface area (Å²) in [6.07, 6.45) is 11.6. The van der Waals surface area contributed by atoms with E-state index in [4.69, 9.17) is 21.1 Å². The number of hydrogen-bond acceptors (Lipinski definition) is 6. The van der Waals surface area contributed by atoms with Gasteiger partial charge in [0.15, 0.2) is 17.3 Å². The number of thioether (sulfide) groups is 1. The number of rotatable bonds is 5. The molecule has 2 heterocycles. The maximum atomic E-state index is 13.9. The molecule has 6 aliphatic rings. The van der Waals surface area contributed by atoms with Crippen molar-refractivity contribution in [3.63, 3.8) is 0 Å². The van der Waals surface area contributed by atoms with Gasteiger partial charge < -0.3 is 19.3 Å². The van der Waals surface area contributed by atoms with Crippen LogP contribution in [0.25, 0.3) is 0 Å². The molecule has 210 valence electrons. The summed E-state index contributed by atoms with van der Waals surface area (Å²) in [4.78, 5) is 32.0. The van der Waals surface area contributed by atoms with E-state index in [1.165, 1.54) is 0 Å². The number of fused-ring (bicyclic) bond motifs is 5. The molecule has 1 aromatic rings. The van der Waals surface area contributed by atoms with E-state index < -0.39 is 5.79 Å². The van der Waals surface area contributed by atoms with Crippen LogP contribution in [0.15, 0.2) is 22.1 Å². The van der Waals surface area contributed by atoms with Gasteiger partial charge in [-0.05, 0) is 90.8 Å². The number of ether oxygens (including phenoxy) is 2. The van der Waals surface area contributed by atoms with Crippen LogP contribution >= 0.6 is 23.4 Å². The van der Waals surface area contributed by atoms with Crippen LogP contribution in [0, 0.1) is 12.3 Å². The van der Waals surface area contributed by atoms with E-state index in [0.29, 0.717) is 48.0 Å². The highest BCUT2D eigenvalue weighted by molar-refractivity contribution is 8.02. The maximum Gasteiger partial charge on any atom is 0.254 e. The smallest absolute Gasteiger partial charge is 0.254 e. The van der Waals surface area contributed by atoms with Crippen molar-refractivity contribution in [1.82, 2.24) is 9.80 Å². The molecule has 4 aliphatic carbocycles. The van der Waals surface area contributed by atoms with Crippen LogP contribution in [0.2, 0.25) is 5.02 Å². The van der Waals surface area contributed by atoms with Gasteiger partial charge in [-0.3, -0.25) is 9.59 Å². The zero-order valence-electron chi connectivity index (χ0n) is 24.0. The second-order valence-corrected chi connectivity index (χ2v) is 13.8. The van der Waals surface area contributed by atoms with Crippen molar-refractivity contribution in [2.45, 2.75) is 83.5 Å². The fourth-order valence-corrected chi connectivity index (χ4v) is 8.85. The average Bonchev–Trinajstić information content (AvgIpc) is 3.30. The Morgan fingerprint density at radius 1 is 1.05 bits per heavy atom. The SMILES string of the molecule is CSC1=C(CN2CCc3c(Cl)c4c(c(C)c3C2=O)O[C@@](C)(C23CCC(N(C)C)(CC2)CC3)O4)C(=O)CC(C)=C1.